The summed E-state index contributed by atoms with van der Waals surface area (Å²) in [6.45, 7) is 0. The summed E-state index contributed by atoms with van der Waals surface area (Å²) in [6.07, 6.45) is 0. The van der Waals surface area contributed by atoms with Crippen LogP contribution in [-0.2, 0) is 9.47 Å². The van der Waals surface area contributed by atoms with Crippen LogP contribution in [0.5, 0.6) is 11.5 Å². The fourth-order valence-electron chi connectivity index (χ4n) is 1.71. The topological polar surface area (TPSA) is 162 Å². The van der Waals surface area contributed by atoms with Crippen molar-refractivity contribution in [2.45, 2.75) is 0 Å². The van der Waals surface area contributed by atoms with Gasteiger partial charge in [-0.05, 0) is 30.3 Å². The molecule has 0 amide bonds. The molecule has 0 aromatic heterocycles. The molecule has 0 aliphatic heterocycles. The van der Waals surface area contributed by atoms with Gasteiger partial charge in [0.1, 0.15) is 5.75 Å². The second-order valence-corrected chi connectivity index (χ2v) is 4.72. The van der Waals surface area contributed by atoms with Gasteiger partial charge in [0.2, 0.25) is 0 Å². The number of carbonyl (C=O) groups excluding carboxylic acids is 2. The molecule has 0 saturated carbocycles. The van der Waals surface area contributed by atoms with E-state index in [0.717, 1.165) is 12.1 Å². The SMILES string of the molecule is COC(=O)c1ccc(O)c(N)c1.COC(=O)c1ccc(O)c([N+](=O)[O-])c1. The van der Waals surface area contributed by atoms with Crippen molar-refractivity contribution in [1.82, 2.24) is 0 Å². The Bertz CT molecular complexity index is 835. The normalized spacial score (nSPS) is 9.46. The number of nitrogen functional groups attached to an aromatic ring is 1. The highest BCUT2D eigenvalue weighted by molar-refractivity contribution is 5.91. The first-order valence-corrected chi connectivity index (χ1v) is 6.93. The van der Waals surface area contributed by atoms with E-state index in [4.69, 9.17) is 15.9 Å². The van der Waals surface area contributed by atoms with Gasteiger partial charge in [0.15, 0.2) is 5.75 Å². The van der Waals surface area contributed by atoms with Crippen molar-refractivity contribution in [3.8, 4) is 11.5 Å². The average molecular weight is 364 g/mol. The molecule has 10 nitrogen and oxygen atoms in total. The summed E-state index contributed by atoms with van der Waals surface area (Å²) in [5.41, 5.74) is 5.35. The molecule has 0 fully saturated rings. The molecule has 0 bridgehead atoms. The number of nitrogens with zero attached hydrogens (tertiary/aromatic N) is 1. The molecule has 0 saturated heterocycles. The number of anilines is 1. The Morgan fingerprint density at radius 1 is 0.962 bits per heavy atom. The van der Waals surface area contributed by atoms with Gasteiger partial charge in [0.05, 0.1) is 36.0 Å². The van der Waals surface area contributed by atoms with Gasteiger partial charge < -0.3 is 25.4 Å². The maximum atomic E-state index is 11.0. The van der Waals surface area contributed by atoms with Crippen molar-refractivity contribution in [2.75, 3.05) is 20.0 Å². The second kappa shape index (κ2) is 8.87. The summed E-state index contributed by atoms with van der Waals surface area (Å²) in [7, 11) is 2.45. The summed E-state index contributed by atoms with van der Waals surface area (Å²) in [6, 6.07) is 7.43. The van der Waals surface area contributed by atoms with E-state index in [1.54, 1.807) is 0 Å². The van der Waals surface area contributed by atoms with Crippen LogP contribution in [0.4, 0.5) is 11.4 Å². The summed E-state index contributed by atoms with van der Waals surface area (Å²) in [5, 5.41) is 28.5. The van der Waals surface area contributed by atoms with Crippen LogP contribution in [0.3, 0.4) is 0 Å². The number of carbonyl (C=O) groups is 2. The number of rotatable bonds is 3. The van der Waals surface area contributed by atoms with Crippen molar-refractivity contribution in [2.24, 2.45) is 0 Å². The smallest absolute Gasteiger partial charge is 0.338 e. The van der Waals surface area contributed by atoms with Gasteiger partial charge in [0.25, 0.3) is 0 Å². The maximum absolute atomic E-state index is 11.0. The third kappa shape index (κ3) is 5.09. The molecule has 2 rings (SSSR count). The minimum Gasteiger partial charge on any atom is -0.506 e. The lowest BCUT2D eigenvalue weighted by atomic mass is 10.2. The molecule has 10 heteroatoms. The van der Waals surface area contributed by atoms with Gasteiger partial charge in [-0.1, -0.05) is 0 Å². The number of ether oxygens (including phenoxy) is 2. The minimum atomic E-state index is -0.776. The van der Waals surface area contributed by atoms with Crippen molar-refractivity contribution < 1.29 is 34.2 Å². The van der Waals surface area contributed by atoms with E-state index in [1.807, 2.05) is 0 Å². The Kier molecular flexibility index (Phi) is 6.90. The molecular weight excluding hydrogens is 348 g/mol. The van der Waals surface area contributed by atoms with Gasteiger partial charge in [-0.15, -0.1) is 0 Å². The molecule has 0 aliphatic rings. The fraction of sp³-hybridized carbons (Fsp3) is 0.125. The Morgan fingerprint density at radius 2 is 1.42 bits per heavy atom. The Morgan fingerprint density at radius 3 is 1.85 bits per heavy atom. The third-order valence-electron chi connectivity index (χ3n) is 3.04. The van der Waals surface area contributed by atoms with Crippen LogP contribution in [0.2, 0.25) is 0 Å². The van der Waals surface area contributed by atoms with E-state index >= 15 is 0 Å². The van der Waals surface area contributed by atoms with Gasteiger partial charge in [0, 0.05) is 6.07 Å². The summed E-state index contributed by atoms with van der Waals surface area (Å²) in [4.78, 5) is 31.5. The number of esters is 2. The zero-order chi connectivity index (χ0) is 19.9. The first kappa shape index (κ1) is 20.2. The number of aromatic hydroxyl groups is 2. The average Bonchev–Trinajstić information content (AvgIpc) is 2.63. The van der Waals surface area contributed by atoms with Crippen LogP contribution >= 0.6 is 0 Å². The van der Waals surface area contributed by atoms with Crippen molar-refractivity contribution in [3.05, 3.63) is 57.6 Å². The van der Waals surface area contributed by atoms with E-state index in [9.17, 15) is 19.7 Å². The van der Waals surface area contributed by atoms with E-state index in [-0.39, 0.29) is 17.0 Å². The molecule has 2 aromatic carbocycles. The van der Waals surface area contributed by atoms with Crippen molar-refractivity contribution in [3.63, 3.8) is 0 Å². The minimum absolute atomic E-state index is 0.0250. The zero-order valence-corrected chi connectivity index (χ0v) is 13.8. The van der Waals surface area contributed by atoms with Crippen LogP contribution in [0.25, 0.3) is 0 Å². The number of hydrogen-bond donors (Lipinski definition) is 3. The number of phenols is 2. The third-order valence-corrected chi connectivity index (χ3v) is 3.04. The summed E-state index contributed by atoms with van der Waals surface area (Å²) in [5.74, 6) is -1.68. The Hall–Kier alpha value is -3.82. The highest BCUT2D eigenvalue weighted by Crippen LogP contribution is 2.26. The predicted molar refractivity (Wildman–Crippen MR) is 90.0 cm³/mol. The first-order valence-electron chi connectivity index (χ1n) is 6.93. The molecule has 0 atom stereocenters. The number of hydrogen-bond acceptors (Lipinski definition) is 9. The highest BCUT2D eigenvalue weighted by Gasteiger charge is 2.16. The summed E-state index contributed by atoms with van der Waals surface area (Å²) < 4.78 is 8.82. The van der Waals surface area contributed by atoms with Gasteiger partial charge in [-0.25, -0.2) is 9.59 Å². The molecule has 0 heterocycles. The number of nitro benzene ring substituents is 1. The largest absolute Gasteiger partial charge is 0.506 e. The van der Waals surface area contributed by atoms with Gasteiger partial charge >= 0.3 is 17.6 Å². The number of nitro groups is 1. The van der Waals surface area contributed by atoms with Gasteiger partial charge in [-0.2, -0.15) is 0 Å². The van der Waals surface area contributed by atoms with E-state index in [1.165, 1.54) is 38.5 Å². The fourth-order valence-corrected chi connectivity index (χ4v) is 1.71. The van der Waals surface area contributed by atoms with Crippen LogP contribution in [0.15, 0.2) is 36.4 Å². The van der Waals surface area contributed by atoms with Gasteiger partial charge in [-0.3, -0.25) is 10.1 Å². The van der Waals surface area contributed by atoms with Crippen LogP contribution in [0.1, 0.15) is 20.7 Å². The first-order chi connectivity index (χ1) is 12.2. The van der Waals surface area contributed by atoms with Crippen LogP contribution in [0, 0.1) is 10.1 Å². The molecule has 2 aromatic rings. The zero-order valence-electron chi connectivity index (χ0n) is 13.8. The molecule has 0 radical (unpaired) electrons. The molecular formula is C16H16N2O8. The maximum Gasteiger partial charge on any atom is 0.338 e. The van der Waals surface area contributed by atoms with Crippen molar-refractivity contribution >= 4 is 23.3 Å². The molecule has 0 unspecified atom stereocenters. The quantitative estimate of drug-likeness (QED) is 0.242. The monoisotopic (exact) mass is 364 g/mol. The number of benzene rings is 2. The van der Waals surface area contributed by atoms with E-state index in [0.29, 0.717) is 5.56 Å². The lowest BCUT2D eigenvalue weighted by Gasteiger charge is -2.01. The van der Waals surface area contributed by atoms with E-state index < -0.39 is 28.3 Å². The van der Waals surface area contributed by atoms with Crippen LogP contribution in [-0.4, -0.2) is 41.3 Å². The molecule has 26 heavy (non-hydrogen) atoms. The molecule has 4 N–H and O–H groups in total. The standard InChI is InChI=1S/C8H7NO5.C8H9NO3/c1-14-8(11)5-2-3-7(10)6(4-5)9(12)13;1-12-8(11)5-2-3-7(10)6(9)4-5/h2-4,10H,1H3;2-4,10H,9H2,1H3. The highest BCUT2D eigenvalue weighted by atomic mass is 16.6. The Balaban J connectivity index is 0.000000263. The Labute approximate surface area is 147 Å². The lowest BCUT2D eigenvalue weighted by molar-refractivity contribution is -0.385. The number of phenolic OH excluding ortho intramolecular Hbond substituents is 2. The van der Waals surface area contributed by atoms with Crippen LogP contribution < -0.4 is 5.73 Å². The second-order valence-electron chi connectivity index (χ2n) is 4.72. The number of nitrogens with two attached hydrogens (primary N) is 1. The predicted octanol–water partition coefficient (Wildman–Crippen LogP) is 1.85. The lowest BCUT2D eigenvalue weighted by Crippen LogP contribution is -2.01. The molecule has 138 valence electrons. The number of methoxy groups -OCH3 is 2. The molecule has 0 aliphatic carbocycles. The van der Waals surface area contributed by atoms with Crippen molar-refractivity contribution in [1.29, 1.82) is 0 Å². The molecule has 0 spiro atoms. The summed E-state index contributed by atoms with van der Waals surface area (Å²) >= 11 is 0. The van der Waals surface area contributed by atoms with E-state index in [2.05, 4.69) is 9.47 Å².